The van der Waals surface area contributed by atoms with Gasteiger partial charge < -0.3 is 9.47 Å². The Bertz CT molecular complexity index is 1040. The summed E-state index contributed by atoms with van der Waals surface area (Å²) in [5.41, 5.74) is 1.74. The van der Waals surface area contributed by atoms with E-state index in [1.54, 1.807) is 36.4 Å². The molecule has 0 fully saturated rings. The number of hydrogen-bond acceptors (Lipinski definition) is 4. The van der Waals surface area contributed by atoms with E-state index in [0.29, 0.717) is 11.5 Å². The third kappa shape index (κ3) is 5.25. The fourth-order valence-electron chi connectivity index (χ4n) is 3.50. The van der Waals surface area contributed by atoms with Gasteiger partial charge in [0.25, 0.3) is 0 Å². The molecule has 3 aromatic carbocycles. The van der Waals surface area contributed by atoms with E-state index in [9.17, 15) is 9.59 Å². The topological polar surface area (TPSA) is 52.6 Å². The predicted octanol–water partition coefficient (Wildman–Crippen LogP) is 6.72. The second-order valence-corrected chi connectivity index (χ2v) is 9.82. The number of para-hydroxylation sites is 2. The Hall–Kier alpha value is -3.40. The predicted molar refractivity (Wildman–Crippen MR) is 127 cm³/mol. The first-order valence-electron chi connectivity index (χ1n) is 10.7. The maximum Gasteiger partial charge on any atom is 0.344 e. The molecule has 4 nitrogen and oxygen atoms in total. The molecule has 0 N–H and O–H groups in total. The van der Waals surface area contributed by atoms with Crippen molar-refractivity contribution in [1.82, 2.24) is 0 Å². The number of esters is 2. The molecule has 0 aliphatic rings. The Kier molecular flexibility index (Phi) is 6.54. The van der Waals surface area contributed by atoms with Crippen LogP contribution in [0.3, 0.4) is 0 Å². The quantitative estimate of drug-likeness (QED) is 0.340. The molecule has 0 aliphatic carbocycles. The summed E-state index contributed by atoms with van der Waals surface area (Å²) >= 11 is 0. The molecule has 0 heterocycles. The number of benzene rings is 3. The minimum atomic E-state index is -0.599. The lowest BCUT2D eigenvalue weighted by molar-refractivity contribution is 0.0689. The number of carbonyl (C=O) groups is 2. The van der Waals surface area contributed by atoms with Gasteiger partial charge in [-0.25, -0.2) is 9.59 Å². The molecule has 0 aromatic heterocycles. The average Bonchev–Trinajstić information content (AvgIpc) is 2.73. The molecule has 0 saturated heterocycles. The summed E-state index contributed by atoms with van der Waals surface area (Å²) in [6, 6.07) is 21.4. The Labute approximate surface area is 190 Å². The fraction of sp³-hybridized carbons (Fsp3) is 0.286. The molecule has 0 aliphatic heterocycles. The van der Waals surface area contributed by atoms with Crippen LogP contribution in [0.15, 0.2) is 72.8 Å². The van der Waals surface area contributed by atoms with E-state index in [1.807, 2.05) is 36.4 Å². The lowest BCUT2D eigenvalue weighted by Crippen LogP contribution is -2.21. The molecule has 0 saturated carbocycles. The molecule has 3 aromatic rings. The lowest BCUT2D eigenvalue weighted by Gasteiger charge is -2.23. The van der Waals surface area contributed by atoms with Gasteiger partial charge in [0.15, 0.2) is 0 Å². The zero-order valence-electron chi connectivity index (χ0n) is 19.6. The van der Waals surface area contributed by atoms with Gasteiger partial charge in [0.2, 0.25) is 0 Å². The van der Waals surface area contributed by atoms with E-state index in [1.165, 1.54) is 0 Å². The highest BCUT2D eigenvalue weighted by Gasteiger charge is 2.25. The zero-order chi connectivity index (χ0) is 23.5. The van der Waals surface area contributed by atoms with Crippen LogP contribution in [0.25, 0.3) is 0 Å². The molecule has 166 valence electrons. The monoisotopic (exact) mass is 430 g/mol. The van der Waals surface area contributed by atoms with Gasteiger partial charge in [0, 0.05) is 11.1 Å². The highest BCUT2D eigenvalue weighted by Crippen LogP contribution is 2.33. The van der Waals surface area contributed by atoms with Crippen LogP contribution in [-0.4, -0.2) is 11.9 Å². The van der Waals surface area contributed by atoms with Crippen LogP contribution in [0.4, 0.5) is 0 Å². The van der Waals surface area contributed by atoms with Gasteiger partial charge in [-0.05, 0) is 35.1 Å². The van der Waals surface area contributed by atoms with Crippen molar-refractivity contribution in [1.29, 1.82) is 0 Å². The van der Waals surface area contributed by atoms with Gasteiger partial charge >= 0.3 is 11.9 Å². The molecule has 0 bridgehead atoms. The Balaban J connectivity index is 1.91. The third-order valence-electron chi connectivity index (χ3n) is 5.16. The number of hydrogen-bond donors (Lipinski definition) is 0. The van der Waals surface area contributed by atoms with E-state index in [2.05, 4.69) is 41.5 Å². The van der Waals surface area contributed by atoms with E-state index < -0.39 is 11.9 Å². The van der Waals surface area contributed by atoms with Crippen LogP contribution in [0.1, 0.15) is 73.4 Å². The van der Waals surface area contributed by atoms with Crippen LogP contribution >= 0.6 is 0 Å². The van der Waals surface area contributed by atoms with Crippen LogP contribution in [0.5, 0.6) is 11.5 Å². The Morgan fingerprint density at radius 1 is 0.531 bits per heavy atom. The van der Waals surface area contributed by atoms with Gasteiger partial charge in [-0.2, -0.15) is 0 Å². The second-order valence-electron chi connectivity index (χ2n) is 9.82. The Morgan fingerprint density at radius 3 is 1.19 bits per heavy atom. The van der Waals surface area contributed by atoms with Crippen molar-refractivity contribution in [2.75, 3.05) is 0 Å². The van der Waals surface area contributed by atoms with Crippen LogP contribution in [-0.2, 0) is 10.8 Å². The first kappa shape index (κ1) is 23.3. The second kappa shape index (κ2) is 8.99. The van der Waals surface area contributed by atoms with Crippen LogP contribution in [0, 0.1) is 0 Å². The van der Waals surface area contributed by atoms with Crippen molar-refractivity contribution < 1.29 is 19.1 Å². The lowest BCUT2D eigenvalue weighted by atomic mass is 9.86. The van der Waals surface area contributed by atoms with Crippen molar-refractivity contribution in [3.63, 3.8) is 0 Å². The van der Waals surface area contributed by atoms with Gasteiger partial charge in [-0.15, -0.1) is 0 Å². The minimum Gasteiger partial charge on any atom is -0.423 e. The first-order valence-corrected chi connectivity index (χ1v) is 10.7. The molecule has 0 amide bonds. The smallest absolute Gasteiger partial charge is 0.344 e. The third-order valence-corrected chi connectivity index (χ3v) is 5.16. The average molecular weight is 431 g/mol. The summed E-state index contributed by atoms with van der Waals surface area (Å²) in [5, 5.41) is 0. The van der Waals surface area contributed by atoms with E-state index in [0.717, 1.165) is 11.1 Å². The molecule has 32 heavy (non-hydrogen) atoms. The summed E-state index contributed by atoms with van der Waals surface area (Å²) in [4.78, 5) is 26.1. The maximum atomic E-state index is 13.1. The van der Waals surface area contributed by atoms with E-state index >= 15 is 0 Å². The van der Waals surface area contributed by atoms with Crippen molar-refractivity contribution in [2.45, 2.75) is 52.4 Å². The molecule has 3 rings (SSSR count). The molecule has 0 atom stereocenters. The summed E-state index contributed by atoms with van der Waals surface area (Å²) in [6.07, 6.45) is 0. The molecule has 4 heteroatoms. The van der Waals surface area contributed by atoms with Crippen molar-refractivity contribution >= 4 is 11.9 Å². The molecular weight excluding hydrogens is 400 g/mol. The van der Waals surface area contributed by atoms with E-state index in [4.69, 9.17) is 9.47 Å². The first-order chi connectivity index (χ1) is 15.0. The summed E-state index contributed by atoms with van der Waals surface area (Å²) < 4.78 is 11.5. The highest BCUT2D eigenvalue weighted by atomic mass is 16.5. The number of rotatable bonds is 4. The summed E-state index contributed by atoms with van der Waals surface area (Å²) in [5.74, 6) is -0.241. The zero-order valence-corrected chi connectivity index (χ0v) is 19.6. The molecule has 0 radical (unpaired) electrons. The maximum absolute atomic E-state index is 13.1. The summed E-state index contributed by atoms with van der Waals surface area (Å²) in [6.45, 7) is 12.3. The van der Waals surface area contributed by atoms with Crippen molar-refractivity contribution in [3.8, 4) is 11.5 Å². The number of carbonyl (C=O) groups excluding carboxylic acids is 2. The SMILES string of the molecule is CC(C)(C)c1ccccc1OC(=O)c1ccccc1C(=O)Oc1ccccc1C(C)(C)C. The minimum absolute atomic E-state index is 0.162. The molecular formula is C28H30O4. The normalized spacial score (nSPS) is 11.7. The molecule has 0 spiro atoms. The van der Waals surface area contributed by atoms with Gasteiger partial charge in [0.05, 0.1) is 11.1 Å². The van der Waals surface area contributed by atoms with Crippen LogP contribution < -0.4 is 9.47 Å². The summed E-state index contributed by atoms with van der Waals surface area (Å²) in [7, 11) is 0. The highest BCUT2D eigenvalue weighted by molar-refractivity contribution is 6.04. The Morgan fingerprint density at radius 2 is 0.844 bits per heavy atom. The molecule has 0 unspecified atom stereocenters. The standard InChI is InChI=1S/C28H30O4/c1-27(2,3)21-15-9-11-17-23(21)31-25(29)19-13-7-8-14-20(19)26(30)32-24-18-12-10-16-22(24)28(4,5)6/h7-18H,1-6H3. The van der Waals surface area contributed by atoms with Gasteiger partial charge in [0.1, 0.15) is 11.5 Å². The van der Waals surface area contributed by atoms with Crippen LogP contribution in [0.2, 0.25) is 0 Å². The van der Waals surface area contributed by atoms with E-state index in [-0.39, 0.29) is 22.0 Å². The fourth-order valence-corrected chi connectivity index (χ4v) is 3.50. The van der Waals surface area contributed by atoms with Gasteiger partial charge in [-0.3, -0.25) is 0 Å². The number of ether oxygens (including phenoxy) is 2. The largest absolute Gasteiger partial charge is 0.423 e. The van der Waals surface area contributed by atoms with Gasteiger partial charge in [-0.1, -0.05) is 90.1 Å². The van der Waals surface area contributed by atoms with Crippen molar-refractivity contribution in [3.05, 3.63) is 95.1 Å². The van der Waals surface area contributed by atoms with Crippen molar-refractivity contribution in [2.24, 2.45) is 0 Å².